The lowest BCUT2D eigenvalue weighted by molar-refractivity contribution is -0.104. The van der Waals surface area contributed by atoms with Gasteiger partial charge in [-0.1, -0.05) is 12.8 Å². The Morgan fingerprint density at radius 2 is 1.89 bits per heavy atom. The number of nitrogens with zero attached hydrogens (tertiary/aromatic N) is 1. The fourth-order valence-electron chi connectivity index (χ4n) is 4.06. The highest BCUT2D eigenvalue weighted by atomic mass is 16.5. The molecule has 3 heteroatoms. The first-order chi connectivity index (χ1) is 8.67. The maximum atomic E-state index is 5.81. The van der Waals surface area contributed by atoms with Gasteiger partial charge in [-0.05, 0) is 39.0 Å². The summed E-state index contributed by atoms with van der Waals surface area (Å²) in [6, 6.07) is 0.656. The van der Waals surface area contributed by atoms with Gasteiger partial charge in [0, 0.05) is 38.3 Å². The van der Waals surface area contributed by atoms with Crippen LogP contribution in [-0.2, 0) is 4.74 Å². The Kier molecular flexibility index (Phi) is 3.41. The van der Waals surface area contributed by atoms with Crippen LogP contribution in [-0.4, -0.2) is 48.8 Å². The van der Waals surface area contributed by atoms with Gasteiger partial charge in [0.05, 0.1) is 5.60 Å². The Hall–Kier alpha value is -0.120. The van der Waals surface area contributed by atoms with Gasteiger partial charge >= 0.3 is 0 Å². The summed E-state index contributed by atoms with van der Waals surface area (Å²) in [4.78, 5) is 2.70. The highest BCUT2D eigenvalue weighted by molar-refractivity contribution is 5.03. The third-order valence-corrected chi connectivity index (χ3v) is 5.65. The summed E-state index contributed by atoms with van der Waals surface area (Å²) < 4.78 is 5.81. The molecule has 18 heavy (non-hydrogen) atoms. The second-order valence-corrected chi connectivity index (χ2v) is 6.86. The van der Waals surface area contributed by atoms with Crippen molar-refractivity contribution in [2.75, 3.05) is 26.7 Å². The Labute approximate surface area is 111 Å². The second kappa shape index (κ2) is 4.77. The molecule has 0 aromatic carbocycles. The summed E-state index contributed by atoms with van der Waals surface area (Å²) in [7, 11) is 1.90. The minimum atomic E-state index is 0.186. The van der Waals surface area contributed by atoms with E-state index >= 15 is 0 Å². The minimum Gasteiger partial charge on any atom is -0.377 e. The predicted octanol–water partition coefficient (Wildman–Crippen LogP) is 2.16. The lowest BCUT2D eigenvalue weighted by Crippen LogP contribution is -2.65. The van der Waals surface area contributed by atoms with Crippen molar-refractivity contribution in [3.63, 3.8) is 0 Å². The Morgan fingerprint density at radius 1 is 1.17 bits per heavy atom. The van der Waals surface area contributed by atoms with Gasteiger partial charge in [-0.15, -0.1) is 0 Å². The van der Waals surface area contributed by atoms with Gasteiger partial charge in [0.15, 0.2) is 0 Å². The molecule has 0 aromatic heterocycles. The molecule has 104 valence electrons. The SMILES string of the molecule is COC1(CN2CC3(CCCC3)NCC2C)CCC1. The van der Waals surface area contributed by atoms with E-state index in [0.717, 1.165) is 13.1 Å². The average molecular weight is 252 g/mol. The van der Waals surface area contributed by atoms with Crippen LogP contribution in [0.4, 0.5) is 0 Å². The highest BCUT2D eigenvalue weighted by Crippen LogP contribution is 2.38. The molecule has 2 aliphatic carbocycles. The molecule has 3 rings (SSSR count). The van der Waals surface area contributed by atoms with Crippen molar-refractivity contribution in [3.05, 3.63) is 0 Å². The van der Waals surface area contributed by atoms with Crippen LogP contribution in [0.15, 0.2) is 0 Å². The molecule has 1 saturated heterocycles. The number of piperazine rings is 1. The molecule has 0 aromatic rings. The van der Waals surface area contributed by atoms with Crippen molar-refractivity contribution in [3.8, 4) is 0 Å². The quantitative estimate of drug-likeness (QED) is 0.833. The number of ether oxygens (including phenoxy) is 1. The third-order valence-electron chi connectivity index (χ3n) is 5.65. The van der Waals surface area contributed by atoms with E-state index in [-0.39, 0.29) is 5.60 Å². The molecule has 1 unspecified atom stereocenters. The summed E-state index contributed by atoms with van der Waals surface area (Å²) in [6.45, 7) is 5.89. The Bertz CT molecular complexity index is 287. The van der Waals surface area contributed by atoms with Crippen LogP contribution in [0.2, 0.25) is 0 Å². The molecular weight excluding hydrogens is 224 g/mol. The van der Waals surface area contributed by atoms with Crippen molar-refractivity contribution < 1.29 is 4.74 Å². The Balaban J connectivity index is 1.66. The topological polar surface area (TPSA) is 24.5 Å². The van der Waals surface area contributed by atoms with E-state index in [9.17, 15) is 0 Å². The predicted molar refractivity (Wildman–Crippen MR) is 73.8 cm³/mol. The summed E-state index contributed by atoms with van der Waals surface area (Å²) in [5.41, 5.74) is 0.622. The first-order valence-electron chi connectivity index (χ1n) is 7.71. The maximum absolute atomic E-state index is 5.81. The fourth-order valence-corrected chi connectivity index (χ4v) is 4.06. The number of rotatable bonds is 3. The summed E-state index contributed by atoms with van der Waals surface area (Å²) in [6.07, 6.45) is 9.42. The van der Waals surface area contributed by atoms with Crippen LogP contribution >= 0.6 is 0 Å². The zero-order valence-corrected chi connectivity index (χ0v) is 12.0. The van der Waals surface area contributed by atoms with Crippen LogP contribution in [0, 0.1) is 0 Å². The second-order valence-electron chi connectivity index (χ2n) is 6.86. The fraction of sp³-hybridized carbons (Fsp3) is 1.00. The molecule has 0 amide bonds. The number of nitrogens with one attached hydrogen (secondary N) is 1. The zero-order chi connectivity index (χ0) is 12.6. The molecule has 1 spiro atoms. The summed E-state index contributed by atoms with van der Waals surface area (Å²) >= 11 is 0. The van der Waals surface area contributed by atoms with Crippen molar-refractivity contribution >= 4 is 0 Å². The van der Waals surface area contributed by atoms with Gasteiger partial charge in [0.25, 0.3) is 0 Å². The van der Waals surface area contributed by atoms with Crippen molar-refractivity contribution in [2.24, 2.45) is 0 Å². The third kappa shape index (κ3) is 2.21. The summed E-state index contributed by atoms with van der Waals surface area (Å²) in [5, 5.41) is 3.83. The van der Waals surface area contributed by atoms with Crippen molar-refractivity contribution in [1.82, 2.24) is 10.2 Å². The molecule has 2 saturated carbocycles. The zero-order valence-electron chi connectivity index (χ0n) is 12.0. The first-order valence-corrected chi connectivity index (χ1v) is 7.71. The molecule has 1 aliphatic heterocycles. The van der Waals surface area contributed by atoms with Crippen LogP contribution in [0.3, 0.4) is 0 Å². The van der Waals surface area contributed by atoms with E-state index in [0.29, 0.717) is 11.6 Å². The molecule has 3 nitrogen and oxygen atoms in total. The Morgan fingerprint density at radius 3 is 2.44 bits per heavy atom. The van der Waals surface area contributed by atoms with E-state index in [1.54, 1.807) is 0 Å². The van der Waals surface area contributed by atoms with Crippen LogP contribution in [0.25, 0.3) is 0 Å². The monoisotopic (exact) mass is 252 g/mol. The van der Waals surface area contributed by atoms with Gasteiger partial charge in [-0.25, -0.2) is 0 Å². The molecule has 0 bridgehead atoms. The standard InChI is InChI=1S/C15H28N2O/c1-13-10-16-14(6-3-4-7-14)11-17(13)12-15(18-2)8-5-9-15/h13,16H,3-12H2,1-2H3. The lowest BCUT2D eigenvalue weighted by atomic mass is 9.78. The molecule has 1 heterocycles. The molecular formula is C15H28N2O. The summed E-state index contributed by atoms with van der Waals surface area (Å²) in [5.74, 6) is 0. The average Bonchev–Trinajstić information content (AvgIpc) is 2.77. The smallest absolute Gasteiger partial charge is 0.0805 e. The number of hydrogen-bond donors (Lipinski definition) is 1. The van der Waals surface area contributed by atoms with Gasteiger partial charge in [-0.3, -0.25) is 4.90 Å². The minimum absolute atomic E-state index is 0.186. The van der Waals surface area contributed by atoms with Crippen LogP contribution in [0.5, 0.6) is 0 Å². The van der Waals surface area contributed by atoms with E-state index in [4.69, 9.17) is 4.74 Å². The number of hydrogen-bond acceptors (Lipinski definition) is 3. The molecule has 3 aliphatic rings. The van der Waals surface area contributed by atoms with Gasteiger partial charge < -0.3 is 10.1 Å². The van der Waals surface area contributed by atoms with E-state index in [1.165, 1.54) is 51.5 Å². The highest BCUT2D eigenvalue weighted by Gasteiger charge is 2.44. The first kappa shape index (κ1) is 12.9. The molecule has 1 N–H and O–H groups in total. The van der Waals surface area contributed by atoms with Gasteiger partial charge in [0.1, 0.15) is 0 Å². The van der Waals surface area contributed by atoms with E-state index in [1.807, 2.05) is 7.11 Å². The van der Waals surface area contributed by atoms with Gasteiger partial charge in [-0.2, -0.15) is 0 Å². The van der Waals surface area contributed by atoms with Crippen LogP contribution < -0.4 is 5.32 Å². The largest absolute Gasteiger partial charge is 0.377 e. The van der Waals surface area contributed by atoms with Crippen molar-refractivity contribution in [1.29, 1.82) is 0 Å². The molecule has 0 radical (unpaired) electrons. The van der Waals surface area contributed by atoms with Gasteiger partial charge in [0.2, 0.25) is 0 Å². The van der Waals surface area contributed by atoms with E-state index in [2.05, 4.69) is 17.1 Å². The molecule has 3 fully saturated rings. The normalized spacial score (nSPS) is 34.7. The maximum Gasteiger partial charge on any atom is 0.0805 e. The molecule has 1 atom stereocenters. The van der Waals surface area contributed by atoms with Crippen molar-refractivity contribution in [2.45, 2.75) is 69.1 Å². The number of methoxy groups -OCH3 is 1. The van der Waals surface area contributed by atoms with E-state index < -0.39 is 0 Å². The van der Waals surface area contributed by atoms with Crippen LogP contribution in [0.1, 0.15) is 51.9 Å². The lowest BCUT2D eigenvalue weighted by Gasteiger charge is -2.51.